The summed E-state index contributed by atoms with van der Waals surface area (Å²) in [5.74, 6) is 0. The van der Waals surface area contributed by atoms with Crippen LogP contribution in [-0.2, 0) is 13.1 Å². The minimum Gasteiger partial charge on any atom is -0.311 e. The van der Waals surface area contributed by atoms with E-state index < -0.39 is 23.2 Å². The molecule has 1 aromatic rings. The molecule has 0 bridgehead atoms. The molecule has 1 atom stereocenters. The molecule has 0 radical (unpaired) electrons. The molecule has 1 heterocycles. The zero-order chi connectivity index (χ0) is 12.5. The summed E-state index contributed by atoms with van der Waals surface area (Å²) in [6.07, 6.45) is -0.754. The Morgan fingerprint density at radius 3 is 1.62 bits per heavy atom. The van der Waals surface area contributed by atoms with Crippen LogP contribution in [0.1, 0.15) is 26.9 Å². The second-order valence-electron chi connectivity index (χ2n) is 3.45. The van der Waals surface area contributed by atoms with Gasteiger partial charge in [-0.25, -0.2) is 28.1 Å². The van der Waals surface area contributed by atoms with Gasteiger partial charge in [0.1, 0.15) is 0 Å². The summed E-state index contributed by atoms with van der Waals surface area (Å²) in [7, 11) is 0. The fourth-order valence-electron chi connectivity index (χ4n) is 1.54. The third-order valence-corrected chi connectivity index (χ3v) is 2.38. The van der Waals surface area contributed by atoms with Crippen molar-refractivity contribution in [2.75, 3.05) is 0 Å². The molecule has 16 heavy (non-hydrogen) atoms. The van der Waals surface area contributed by atoms with Gasteiger partial charge < -0.3 is 5.73 Å². The van der Waals surface area contributed by atoms with Crippen LogP contribution < -0.4 is 22.8 Å². The molecular weight excluding hydrogens is 212 g/mol. The molecule has 0 fully saturated rings. The molecule has 0 spiro atoms. The van der Waals surface area contributed by atoms with Crippen molar-refractivity contribution in [3.8, 4) is 0 Å². The fraction of sp³-hybridized carbons (Fsp3) is 0.667. The third-order valence-electron chi connectivity index (χ3n) is 2.38. The van der Waals surface area contributed by atoms with Crippen LogP contribution in [0.2, 0.25) is 0 Å². The molecule has 0 saturated carbocycles. The summed E-state index contributed by atoms with van der Waals surface area (Å²) in [4.78, 5) is 35.3. The van der Waals surface area contributed by atoms with E-state index in [2.05, 4.69) is 0 Å². The zero-order valence-electron chi connectivity index (χ0n) is 9.64. The maximum atomic E-state index is 11.8. The number of rotatable bonds is 3. The van der Waals surface area contributed by atoms with Crippen LogP contribution in [0.4, 0.5) is 0 Å². The summed E-state index contributed by atoms with van der Waals surface area (Å²) in [5.41, 5.74) is 3.65. The normalized spacial score (nSPS) is 12.8. The van der Waals surface area contributed by atoms with E-state index in [1.165, 1.54) is 6.92 Å². The molecule has 7 heteroatoms. The van der Waals surface area contributed by atoms with Crippen LogP contribution in [0.15, 0.2) is 14.4 Å². The van der Waals surface area contributed by atoms with Crippen LogP contribution in [0.5, 0.6) is 0 Å². The zero-order valence-corrected chi connectivity index (χ0v) is 9.64. The maximum absolute atomic E-state index is 11.8. The summed E-state index contributed by atoms with van der Waals surface area (Å²) in [6.45, 7) is 5.28. The number of nitrogens with zero attached hydrogens (tertiary/aromatic N) is 3. The predicted octanol–water partition coefficient (Wildman–Crippen LogP) is -1.31. The van der Waals surface area contributed by atoms with E-state index in [9.17, 15) is 14.4 Å². The molecule has 90 valence electrons. The number of hydrogen-bond acceptors (Lipinski definition) is 4. The summed E-state index contributed by atoms with van der Waals surface area (Å²) in [6, 6.07) is 0. The average molecular weight is 228 g/mol. The summed E-state index contributed by atoms with van der Waals surface area (Å²) in [5, 5.41) is 0. The van der Waals surface area contributed by atoms with Crippen LogP contribution in [0.3, 0.4) is 0 Å². The summed E-state index contributed by atoms with van der Waals surface area (Å²) < 4.78 is 2.87. The Bertz CT molecular complexity index is 507. The maximum Gasteiger partial charge on any atom is 0.337 e. The van der Waals surface area contributed by atoms with Gasteiger partial charge in [-0.15, -0.1) is 0 Å². The molecule has 0 aliphatic rings. The monoisotopic (exact) mass is 228 g/mol. The molecule has 0 aromatic carbocycles. The average Bonchev–Trinajstić information content (AvgIpc) is 2.18. The lowest BCUT2D eigenvalue weighted by Crippen LogP contribution is -2.55. The second kappa shape index (κ2) is 4.48. The smallest absolute Gasteiger partial charge is 0.311 e. The van der Waals surface area contributed by atoms with E-state index in [4.69, 9.17) is 5.73 Å². The molecular formula is C9H16N4O3. The van der Waals surface area contributed by atoms with Crippen molar-refractivity contribution < 1.29 is 0 Å². The SMILES string of the molecule is CCn1c(=O)n(CC)c(=O)n(C(C)N)c1=O. The lowest BCUT2D eigenvalue weighted by atomic mass is 10.5. The third kappa shape index (κ3) is 1.73. The van der Waals surface area contributed by atoms with Gasteiger partial charge in [0.15, 0.2) is 0 Å². The quantitative estimate of drug-likeness (QED) is 0.695. The van der Waals surface area contributed by atoms with Crippen molar-refractivity contribution in [1.82, 2.24) is 13.7 Å². The minimum atomic E-state index is -0.754. The van der Waals surface area contributed by atoms with Gasteiger partial charge >= 0.3 is 17.1 Å². The molecule has 0 amide bonds. The van der Waals surface area contributed by atoms with Crippen LogP contribution in [0, 0.1) is 0 Å². The Morgan fingerprint density at radius 1 is 1.00 bits per heavy atom. The first-order valence-electron chi connectivity index (χ1n) is 5.17. The van der Waals surface area contributed by atoms with Gasteiger partial charge in [0.05, 0.1) is 6.17 Å². The van der Waals surface area contributed by atoms with Gasteiger partial charge in [-0.1, -0.05) is 0 Å². The van der Waals surface area contributed by atoms with E-state index in [1.54, 1.807) is 13.8 Å². The van der Waals surface area contributed by atoms with Crippen molar-refractivity contribution in [2.45, 2.75) is 40.0 Å². The molecule has 0 aliphatic heterocycles. The Hall–Kier alpha value is -1.63. The van der Waals surface area contributed by atoms with E-state index >= 15 is 0 Å². The Labute approximate surface area is 91.7 Å². The lowest BCUT2D eigenvalue weighted by Gasteiger charge is -2.13. The first-order valence-corrected chi connectivity index (χ1v) is 5.17. The fourth-order valence-corrected chi connectivity index (χ4v) is 1.54. The largest absolute Gasteiger partial charge is 0.337 e. The highest BCUT2D eigenvalue weighted by Crippen LogP contribution is 1.84. The highest BCUT2D eigenvalue weighted by Gasteiger charge is 2.15. The van der Waals surface area contributed by atoms with E-state index in [-0.39, 0.29) is 13.1 Å². The van der Waals surface area contributed by atoms with E-state index in [0.29, 0.717) is 0 Å². The van der Waals surface area contributed by atoms with Crippen LogP contribution in [-0.4, -0.2) is 13.7 Å². The minimum absolute atomic E-state index is 0.213. The molecule has 2 N–H and O–H groups in total. The molecule has 1 unspecified atom stereocenters. The molecule has 0 saturated heterocycles. The van der Waals surface area contributed by atoms with Crippen LogP contribution in [0.25, 0.3) is 0 Å². The molecule has 7 nitrogen and oxygen atoms in total. The first-order chi connectivity index (χ1) is 7.45. The molecule has 1 aromatic heterocycles. The molecule has 1 rings (SSSR count). The standard InChI is InChI=1S/C9H16N4O3/c1-4-11-7(14)12(5-2)9(16)13(6(3)10)8(11)15/h6H,4-5,10H2,1-3H3. The van der Waals surface area contributed by atoms with Crippen molar-refractivity contribution in [3.05, 3.63) is 31.5 Å². The number of hydrogen-bond donors (Lipinski definition) is 1. The highest BCUT2D eigenvalue weighted by atomic mass is 16.2. The first kappa shape index (κ1) is 12.4. The molecule has 0 aliphatic carbocycles. The topological polar surface area (TPSA) is 92.0 Å². The second-order valence-corrected chi connectivity index (χ2v) is 3.45. The Morgan fingerprint density at radius 2 is 1.38 bits per heavy atom. The van der Waals surface area contributed by atoms with Crippen LogP contribution >= 0.6 is 0 Å². The van der Waals surface area contributed by atoms with Gasteiger partial charge in [-0.2, -0.15) is 0 Å². The van der Waals surface area contributed by atoms with Crippen molar-refractivity contribution >= 4 is 0 Å². The van der Waals surface area contributed by atoms with E-state index in [0.717, 1.165) is 13.7 Å². The van der Waals surface area contributed by atoms with Gasteiger partial charge in [0.2, 0.25) is 0 Å². The van der Waals surface area contributed by atoms with Crippen molar-refractivity contribution in [2.24, 2.45) is 5.73 Å². The predicted molar refractivity (Wildman–Crippen MR) is 59.5 cm³/mol. The number of aromatic nitrogens is 3. The lowest BCUT2D eigenvalue weighted by molar-refractivity contribution is 0.420. The van der Waals surface area contributed by atoms with Gasteiger partial charge in [0.25, 0.3) is 0 Å². The van der Waals surface area contributed by atoms with E-state index in [1.807, 2.05) is 0 Å². The van der Waals surface area contributed by atoms with Crippen molar-refractivity contribution in [1.29, 1.82) is 0 Å². The number of nitrogens with two attached hydrogens (primary N) is 1. The van der Waals surface area contributed by atoms with Gasteiger partial charge in [-0.05, 0) is 20.8 Å². The van der Waals surface area contributed by atoms with Gasteiger partial charge in [-0.3, -0.25) is 0 Å². The Balaban J connectivity index is 3.86. The van der Waals surface area contributed by atoms with Gasteiger partial charge in [0, 0.05) is 13.1 Å². The highest BCUT2D eigenvalue weighted by molar-refractivity contribution is 4.80. The summed E-state index contributed by atoms with van der Waals surface area (Å²) >= 11 is 0. The Kier molecular flexibility index (Phi) is 3.48. The van der Waals surface area contributed by atoms with Crippen molar-refractivity contribution in [3.63, 3.8) is 0 Å².